The topological polar surface area (TPSA) is 65.1 Å². The minimum atomic E-state index is -0.567. The largest absolute Gasteiger partial charge is 0.496 e. The lowest BCUT2D eigenvalue weighted by molar-refractivity contribution is -0.133. The summed E-state index contributed by atoms with van der Waals surface area (Å²) in [6.45, 7) is 1.91. The molecule has 0 aromatic heterocycles. The second-order valence-corrected chi connectivity index (χ2v) is 5.82. The van der Waals surface area contributed by atoms with Crippen LogP contribution in [0.15, 0.2) is 42.5 Å². The summed E-state index contributed by atoms with van der Waals surface area (Å²) >= 11 is 0. The van der Waals surface area contributed by atoms with E-state index in [0.29, 0.717) is 23.6 Å². The van der Waals surface area contributed by atoms with Crippen LogP contribution in [0, 0.1) is 6.92 Å². The van der Waals surface area contributed by atoms with E-state index in [0.717, 1.165) is 11.1 Å². The van der Waals surface area contributed by atoms with Gasteiger partial charge in [0.2, 0.25) is 0 Å². The predicted molar refractivity (Wildman–Crippen MR) is 97.5 cm³/mol. The molecule has 0 saturated carbocycles. The van der Waals surface area contributed by atoms with E-state index < -0.39 is 5.97 Å². The second-order valence-electron chi connectivity index (χ2n) is 5.82. The number of hydrogen-bond acceptors (Lipinski definition) is 5. The van der Waals surface area contributed by atoms with Crippen molar-refractivity contribution in [3.63, 3.8) is 0 Å². The maximum atomic E-state index is 12.2. The monoisotopic (exact) mass is 357 g/mol. The Balaban J connectivity index is 1.94. The number of methoxy groups -OCH3 is 2. The molecule has 0 atom stereocenters. The van der Waals surface area contributed by atoms with Crippen LogP contribution in [0.5, 0.6) is 11.5 Å². The van der Waals surface area contributed by atoms with Gasteiger partial charge >= 0.3 is 5.97 Å². The van der Waals surface area contributed by atoms with Gasteiger partial charge in [-0.3, -0.25) is 4.79 Å². The first-order valence-corrected chi connectivity index (χ1v) is 8.14. The molecule has 0 saturated heterocycles. The molecular weight excluding hydrogens is 334 g/mol. The molecule has 138 valence electrons. The predicted octanol–water partition coefficient (Wildman–Crippen LogP) is 2.83. The number of nitrogens with zero attached hydrogens (tertiary/aromatic N) is 1. The summed E-state index contributed by atoms with van der Waals surface area (Å²) in [5.74, 6) is 0.431. The van der Waals surface area contributed by atoms with E-state index in [9.17, 15) is 9.59 Å². The molecule has 0 heterocycles. The molecule has 0 unspecified atom stereocenters. The number of amides is 1. The third kappa shape index (κ3) is 4.75. The number of likely N-dealkylation sites (N-methyl/N-ethyl adjacent to an activating group) is 1. The van der Waals surface area contributed by atoms with Crippen molar-refractivity contribution < 1.29 is 23.8 Å². The highest BCUT2D eigenvalue weighted by Gasteiger charge is 2.16. The van der Waals surface area contributed by atoms with Crippen molar-refractivity contribution in [1.82, 2.24) is 4.90 Å². The van der Waals surface area contributed by atoms with Crippen molar-refractivity contribution in [2.75, 3.05) is 27.9 Å². The third-order valence-corrected chi connectivity index (χ3v) is 4.00. The van der Waals surface area contributed by atoms with Gasteiger partial charge in [-0.2, -0.15) is 0 Å². The Hall–Kier alpha value is -3.02. The fourth-order valence-corrected chi connectivity index (χ4v) is 2.45. The van der Waals surface area contributed by atoms with Crippen LogP contribution in [0.2, 0.25) is 0 Å². The van der Waals surface area contributed by atoms with Gasteiger partial charge < -0.3 is 19.1 Å². The molecule has 0 radical (unpaired) electrons. The van der Waals surface area contributed by atoms with Gasteiger partial charge in [0.05, 0.1) is 19.8 Å². The smallest absolute Gasteiger partial charge is 0.338 e. The molecule has 0 aliphatic carbocycles. The summed E-state index contributed by atoms with van der Waals surface area (Å²) < 4.78 is 15.6. The summed E-state index contributed by atoms with van der Waals surface area (Å²) in [6, 6.07) is 12.5. The number of carbonyl (C=O) groups is 2. The summed E-state index contributed by atoms with van der Waals surface area (Å²) in [5, 5.41) is 0. The van der Waals surface area contributed by atoms with E-state index in [1.54, 1.807) is 32.4 Å². The van der Waals surface area contributed by atoms with E-state index >= 15 is 0 Å². The highest BCUT2D eigenvalue weighted by Crippen LogP contribution is 2.20. The summed E-state index contributed by atoms with van der Waals surface area (Å²) in [4.78, 5) is 25.9. The van der Waals surface area contributed by atoms with Crippen LogP contribution in [0.4, 0.5) is 0 Å². The molecule has 26 heavy (non-hydrogen) atoms. The molecule has 0 spiro atoms. The zero-order valence-corrected chi connectivity index (χ0v) is 15.4. The minimum absolute atomic E-state index is 0.302. The molecule has 1 amide bonds. The van der Waals surface area contributed by atoms with Crippen molar-refractivity contribution in [1.29, 1.82) is 0 Å². The van der Waals surface area contributed by atoms with Gasteiger partial charge in [-0.05, 0) is 30.7 Å². The summed E-state index contributed by atoms with van der Waals surface area (Å²) in [6.07, 6.45) is 0. The number of benzene rings is 2. The van der Waals surface area contributed by atoms with E-state index in [1.165, 1.54) is 12.0 Å². The Kier molecular flexibility index (Phi) is 6.60. The number of para-hydroxylation sites is 1. The molecule has 2 aromatic rings. The highest BCUT2D eigenvalue weighted by molar-refractivity contribution is 5.91. The van der Waals surface area contributed by atoms with Crippen LogP contribution >= 0.6 is 0 Å². The number of carbonyl (C=O) groups excluding carboxylic acids is 2. The van der Waals surface area contributed by atoms with Crippen molar-refractivity contribution in [2.24, 2.45) is 0 Å². The Morgan fingerprint density at radius 3 is 2.38 bits per heavy atom. The van der Waals surface area contributed by atoms with E-state index in [2.05, 4.69) is 0 Å². The molecular formula is C20H23NO5. The van der Waals surface area contributed by atoms with Gasteiger partial charge in [0.1, 0.15) is 11.5 Å². The van der Waals surface area contributed by atoms with Crippen LogP contribution in [-0.2, 0) is 16.1 Å². The van der Waals surface area contributed by atoms with Crippen LogP contribution in [0.25, 0.3) is 0 Å². The normalized spacial score (nSPS) is 10.2. The number of esters is 1. The average molecular weight is 357 g/mol. The van der Waals surface area contributed by atoms with Crippen molar-refractivity contribution >= 4 is 11.9 Å². The molecule has 0 aliphatic rings. The van der Waals surface area contributed by atoms with Gasteiger partial charge in [-0.25, -0.2) is 4.79 Å². The molecule has 0 N–H and O–H groups in total. The lowest BCUT2D eigenvalue weighted by Crippen LogP contribution is -2.31. The SMILES string of the molecule is COc1cc(C(=O)OCC(=O)N(C)Cc2ccccc2OC)ccc1C. The summed E-state index contributed by atoms with van der Waals surface area (Å²) in [5.41, 5.74) is 2.13. The van der Waals surface area contributed by atoms with Crippen LogP contribution in [0.3, 0.4) is 0 Å². The van der Waals surface area contributed by atoms with Gasteiger partial charge in [0.25, 0.3) is 5.91 Å². The molecule has 0 fully saturated rings. The van der Waals surface area contributed by atoms with Gasteiger partial charge in [-0.1, -0.05) is 24.3 Å². The first kappa shape index (κ1) is 19.3. The van der Waals surface area contributed by atoms with E-state index in [1.807, 2.05) is 31.2 Å². The Morgan fingerprint density at radius 1 is 1.00 bits per heavy atom. The fraction of sp³-hybridized carbons (Fsp3) is 0.300. The van der Waals surface area contributed by atoms with Gasteiger partial charge in [0, 0.05) is 19.2 Å². The molecule has 6 nitrogen and oxygen atoms in total. The van der Waals surface area contributed by atoms with Crippen LogP contribution in [-0.4, -0.2) is 44.7 Å². The second kappa shape index (κ2) is 8.89. The quantitative estimate of drug-likeness (QED) is 0.713. The summed E-state index contributed by atoms with van der Waals surface area (Å²) in [7, 11) is 4.77. The maximum absolute atomic E-state index is 12.2. The number of ether oxygens (including phenoxy) is 3. The van der Waals surface area contributed by atoms with Crippen molar-refractivity contribution in [3.05, 3.63) is 59.2 Å². The van der Waals surface area contributed by atoms with Gasteiger partial charge in [-0.15, -0.1) is 0 Å². The van der Waals surface area contributed by atoms with E-state index in [4.69, 9.17) is 14.2 Å². The van der Waals surface area contributed by atoms with Crippen LogP contribution in [0.1, 0.15) is 21.5 Å². The Bertz CT molecular complexity index is 788. The fourth-order valence-electron chi connectivity index (χ4n) is 2.45. The molecule has 2 rings (SSSR count). The number of aryl methyl sites for hydroxylation is 1. The zero-order valence-electron chi connectivity index (χ0n) is 15.4. The maximum Gasteiger partial charge on any atom is 0.338 e. The average Bonchev–Trinajstić information content (AvgIpc) is 2.66. The Labute approximate surface area is 153 Å². The van der Waals surface area contributed by atoms with Crippen LogP contribution < -0.4 is 9.47 Å². The molecule has 6 heteroatoms. The lowest BCUT2D eigenvalue weighted by Gasteiger charge is -2.18. The third-order valence-electron chi connectivity index (χ3n) is 4.00. The Morgan fingerprint density at radius 2 is 1.69 bits per heavy atom. The van der Waals surface area contributed by atoms with Gasteiger partial charge in [0.15, 0.2) is 6.61 Å². The lowest BCUT2D eigenvalue weighted by atomic mass is 10.1. The zero-order chi connectivity index (χ0) is 19.1. The molecule has 0 aliphatic heterocycles. The van der Waals surface area contributed by atoms with E-state index in [-0.39, 0.29) is 12.5 Å². The van der Waals surface area contributed by atoms with Crippen molar-refractivity contribution in [3.8, 4) is 11.5 Å². The first-order valence-electron chi connectivity index (χ1n) is 8.14. The first-order chi connectivity index (χ1) is 12.5. The molecule has 0 bridgehead atoms. The number of rotatable bonds is 7. The highest BCUT2D eigenvalue weighted by atomic mass is 16.5. The number of hydrogen-bond donors (Lipinski definition) is 0. The standard InChI is InChI=1S/C20H23NO5/c1-14-9-10-15(11-18(14)25-4)20(23)26-13-19(22)21(2)12-16-7-5-6-8-17(16)24-3/h5-11H,12-13H2,1-4H3. The molecule has 2 aromatic carbocycles. The minimum Gasteiger partial charge on any atom is -0.496 e. The van der Waals surface area contributed by atoms with Crippen molar-refractivity contribution in [2.45, 2.75) is 13.5 Å².